The summed E-state index contributed by atoms with van der Waals surface area (Å²) in [4.78, 5) is 1.61. The molecule has 0 fully saturated rings. The zero-order valence-corrected chi connectivity index (χ0v) is 7.75. The standard InChI is InChI=1S/C7H10BF2N3/c1-7(9,10)13-5(8)4-6(11-13)12(2)3/h4H,1-3H3. The fourth-order valence-electron chi connectivity index (χ4n) is 0.915. The zero-order chi connectivity index (χ0) is 10.2. The van der Waals surface area contributed by atoms with Crippen molar-refractivity contribution in [2.24, 2.45) is 0 Å². The van der Waals surface area contributed by atoms with Gasteiger partial charge in [-0.05, 0) is 11.7 Å². The maximum Gasteiger partial charge on any atom is 0.340 e. The first-order valence-electron chi connectivity index (χ1n) is 3.73. The van der Waals surface area contributed by atoms with E-state index in [1.165, 1.54) is 6.07 Å². The highest BCUT2D eigenvalue weighted by Gasteiger charge is 2.26. The molecule has 0 aliphatic carbocycles. The second kappa shape index (κ2) is 3.01. The van der Waals surface area contributed by atoms with E-state index in [1.807, 2.05) is 0 Å². The van der Waals surface area contributed by atoms with Gasteiger partial charge in [0.05, 0.1) is 0 Å². The van der Waals surface area contributed by atoms with Gasteiger partial charge < -0.3 is 4.90 Å². The number of rotatable bonds is 2. The molecule has 1 aromatic rings. The van der Waals surface area contributed by atoms with E-state index in [9.17, 15) is 8.78 Å². The van der Waals surface area contributed by atoms with Crippen molar-refractivity contribution in [3.63, 3.8) is 0 Å². The Morgan fingerprint density at radius 1 is 1.54 bits per heavy atom. The average molecular weight is 185 g/mol. The summed E-state index contributed by atoms with van der Waals surface area (Å²) in [5.74, 6) is 0.416. The predicted octanol–water partition coefficient (Wildman–Crippen LogP) is 0.312. The Hall–Kier alpha value is -1.07. The van der Waals surface area contributed by atoms with Gasteiger partial charge in [-0.3, -0.25) is 0 Å². The van der Waals surface area contributed by atoms with Crippen LogP contribution in [-0.4, -0.2) is 31.7 Å². The van der Waals surface area contributed by atoms with Crippen LogP contribution in [0.5, 0.6) is 0 Å². The van der Waals surface area contributed by atoms with Crippen LogP contribution in [0.2, 0.25) is 0 Å². The third kappa shape index (κ3) is 1.99. The number of halogens is 2. The second-order valence-corrected chi connectivity index (χ2v) is 3.08. The summed E-state index contributed by atoms with van der Waals surface area (Å²) in [5.41, 5.74) is -0.0452. The van der Waals surface area contributed by atoms with Gasteiger partial charge in [-0.15, -0.1) is 0 Å². The smallest absolute Gasteiger partial charge is 0.340 e. The molecule has 1 rings (SSSR count). The molecule has 0 amide bonds. The number of hydrogen-bond donors (Lipinski definition) is 0. The van der Waals surface area contributed by atoms with E-state index in [0.29, 0.717) is 10.5 Å². The van der Waals surface area contributed by atoms with E-state index in [4.69, 9.17) is 7.85 Å². The second-order valence-electron chi connectivity index (χ2n) is 3.08. The lowest BCUT2D eigenvalue weighted by Crippen LogP contribution is -2.30. The summed E-state index contributed by atoms with van der Waals surface area (Å²) < 4.78 is 26.1. The molecular formula is C7H10BF2N3. The average Bonchev–Trinajstić information content (AvgIpc) is 2.29. The zero-order valence-electron chi connectivity index (χ0n) is 7.75. The van der Waals surface area contributed by atoms with Crippen LogP contribution >= 0.6 is 0 Å². The first-order valence-corrected chi connectivity index (χ1v) is 3.73. The molecule has 3 nitrogen and oxygen atoms in total. The molecule has 0 aliphatic rings. The normalized spacial score (nSPS) is 11.8. The van der Waals surface area contributed by atoms with Crippen LogP contribution in [-0.2, 0) is 6.05 Å². The van der Waals surface area contributed by atoms with Crippen LogP contribution in [0.1, 0.15) is 6.92 Å². The van der Waals surface area contributed by atoms with E-state index in [0.717, 1.165) is 6.92 Å². The van der Waals surface area contributed by atoms with Crippen LogP contribution in [0.25, 0.3) is 0 Å². The van der Waals surface area contributed by atoms with Gasteiger partial charge in [0, 0.05) is 21.0 Å². The topological polar surface area (TPSA) is 21.1 Å². The van der Waals surface area contributed by atoms with Crippen LogP contribution < -0.4 is 10.5 Å². The monoisotopic (exact) mass is 185 g/mol. The van der Waals surface area contributed by atoms with E-state index in [2.05, 4.69) is 5.10 Å². The molecule has 1 aromatic heterocycles. The van der Waals surface area contributed by atoms with Crippen molar-refractivity contribution in [3.8, 4) is 0 Å². The number of alkyl halides is 2. The molecule has 0 atom stereocenters. The molecule has 0 aromatic carbocycles. The van der Waals surface area contributed by atoms with Crippen LogP contribution in [0.4, 0.5) is 14.6 Å². The molecule has 0 bridgehead atoms. The maximum atomic E-state index is 12.8. The molecule has 0 N–H and O–H groups in total. The summed E-state index contributed by atoms with van der Waals surface area (Å²) >= 11 is 0. The Kier molecular flexibility index (Phi) is 2.32. The molecule has 0 saturated carbocycles. The molecule has 70 valence electrons. The first-order chi connectivity index (χ1) is 5.82. The quantitative estimate of drug-likeness (QED) is 0.618. The van der Waals surface area contributed by atoms with Crippen LogP contribution in [0, 0.1) is 0 Å². The Labute approximate surface area is 76.7 Å². The molecule has 0 saturated heterocycles. The van der Waals surface area contributed by atoms with E-state index in [1.54, 1.807) is 19.0 Å². The largest absolute Gasteiger partial charge is 0.361 e. The Balaban J connectivity index is 3.11. The van der Waals surface area contributed by atoms with E-state index < -0.39 is 6.05 Å². The van der Waals surface area contributed by atoms with Crippen LogP contribution in [0.3, 0.4) is 0 Å². The molecule has 0 unspecified atom stereocenters. The summed E-state index contributed by atoms with van der Waals surface area (Å²) in [7, 11) is 8.78. The summed E-state index contributed by atoms with van der Waals surface area (Å²) in [6.45, 7) is 0.746. The van der Waals surface area contributed by atoms with Gasteiger partial charge in [0.25, 0.3) is 0 Å². The van der Waals surface area contributed by atoms with Gasteiger partial charge in [0.15, 0.2) is 0 Å². The van der Waals surface area contributed by atoms with Crippen molar-refractivity contribution in [3.05, 3.63) is 6.07 Å². The molecule has 0 spiro atoms. The molecule has 1 heterocycles. The highest BCUT2D eigenvalue weighted by molar-refractivity contribution is 6.31. The highest BCUT2D eigenvalue weighted by atomic mass is 19.3. The Morgan fingerprint density at radius 3 is 2.31 bits per heavy atom. The van der Waals surface area contributed by atoms with Gasteiger partial charge in [-0.25, -0.2) is 4.68 Å². The van der Waals surface area contributed by atoms with Gasteiger partial charge in [-0.2, -0.15) is 13.9 Å². The lowest BCUT2D eigenvalue weighted by Gasteiger charge is -2.13. The van der Waals surface area contributed by atoms with Crippen molar-refractivity contribution >= 4 is 19.3 Å². The number of nitrogens with zero attached hydrogens (tertiary/aromatic N) is 3. The minimum absolute atomic E-state index is 0.0452. The van der Waals surface area contributed by atoms with Crippen molar-refractivity contribution < 1.29 is 8.78 Å². The minimum atomic E-state index is -3.06. The molecule has 13 heavy (non-hydrogen) atoms. The Bertz CT molecular complexity index is 303. The van der Waals surface area contributed by atoms with E-state index >= 15 is 0 Å². The summed E-state index contributed by atoms with van der Waals surface area (Å²) in [5, 5.41) is 3.65. The molecule has 6 heteroatoms. The van der Waals surface area contributed by atoms with Crippen molar-refractivity contribution in [2.45, 2.75) is 13.0 Å². The molecular weight excluding hydrogens is 175 g/mol. The van der Waals surface area contributed by atoms with Gasteiger partial charge in [0.2, 0.25) is 0 Å². The lowest BCUT2D eigenvalue weighted by molar-refractivity contribution is -0.0691. The van der Waals surface area contributed by atoms with Crippen molar-refractivity contribution in [2.75, 3.05) is 19.0 Å². The van der Waals surface area contributed by atoms with Gasteiger partial charge >= 0.3 is 6.05 Å². The van der Waals surface area contributed by atoms with Gasteiger partial charge in [0.1, 0.15) is 13.7 Å². The Morgan fingerprint density at radius 2 is 2.08 bits per heavy atom. The predicted molar refractivity (Wildman–Crippen MR) is 47.8 cm³/mol. The van der Waals surface area contributed by atoms with Crippen molar-refractivity contribution in [1.82, 2.24) is 9.78 Å². The molecule has 0 aliphatic heterocycles. The fourth-order valence-corrected chi connectivity index (χ4v) is 0.915. The minimum Gasteiger partial charge on any atom is -0.361 e. The van der Waals surface area contributed by atoms with E-state index in [-0.39, 0.29) is 5.59 Å². The number of aromatic nitrogens is 2. The third-order valence-electron chi connectivity index (χ3n) is 1.55. The molecule has 2 radical (unpaired) electrons. The summed E-state index contributed by atoms with van der Waals surface area (Å²) in [6, 6.07) is -1.66. The first kappa shape index (κ1) is 10.0. The third-order valence-corrected chi connectivity index (χ3v) is 1.55. The number of anilines is 1. The summed E-state index contributed by atoms with van der Waals surface area (Å²) in [6.07, 6.45) is 0. The van der Waals surface area contributed by atoms with Gasteiger partial charge in [-0.1, -0.05) is 0 Å². The maximum absolute atomic E-state index is 12.8. The SMILES string of the molecule is [B]c1cc(N(C)C)nn1C(C)(F)F. The highest BCUT2D eigenvalue weighted by Crippen LogP contribution is 2.18. The van der Waals surface area contributed by atoms with Crippen molar-refractivity contribution in [1.29, 1.82) is 0 Å². The lowest BCUT2D eigenvalue weighted by atomic mass is 10.1. The number of hydrogen-bond acceptors (Lipinski definition) is 2. The van der Waals surface area contributed by atoms with Crippen LogP contribution in [0.15, 0.2) is 6.07 Å². The fraction of sp³-hybridized carbons (Fsp3) is 0.571.